The fourth-order valence-corrected chi connectivity index (χ4v) is 5.62. The maximum absolute atomic E-state index is 13.6. The normalized spacial score (nSPS) is 17.9. The third kappa shape index (κ3) is 4.90. The molecule has 3 aliphatic carbocycles. The highest BCUT2D eigenvalue weighted by Crippen LogP contribution is 2.44. The van der Waals surface area contributed by atoms with Crippen LogP contribution in [0.4, 0.5) is 4.79 Å². The van der Waals surface area contributed by atoms with Crippen LogP contribution in [0.3, 0.4) is 0 Å². The first-order valence-corrected chi connectivity index (χ1v) is 12.6. The largest absolute Gasteiger partial charge is 0.481 e. The van der Waals surface area contributed by atoms with Crippen LogP contribution in [0.1, 0.15) is 62.0 Å². The lowest BCUT2D eigenvalue weighted by atomic mass is 9.95. The van der Waals surface area contributed by atoms with Crippen molar-refractivity contribution in [1.82, 2.24) is 10.2 Å². The molecule has 5 rings (SSSR count). The SMILES string of the molecule is O=C(O)CCN(CC1CC1)C(=O)C1(NC(=O)OCC2c3ccccc3-c3ccccc32)CCCC1. The molecule has 0 unspecified atom stereocenters. The van der Waals surface area contributed by atoms with Gasteiger partial charge in [-0.1, -0.05) is 61.4 Å². The second-order valence-corrected chi connectivity index (χ2v) is 10.1. The Morgan fingerprint density at radius 1 is 0.971 bits per heavy atom. The summed E-state index contributed by atoms with van der Waals surface area (Å²) in [5.41, 5.74) is 3.58. The average molecular weight is 477 g/mol. The molecule has 2 amide bonds. The Morgan fingerprint density at radius 3 is 2.14 bits per heavy atom. The van der Waals surface area contributed by atoms with Gasteiger partial charge in [0.15, 0.2) is 0 Å². The molecule has 184 valence electrons. The molecule has 0 atom stereocenters. The Bertz CT molecular complexity index is 1070. The number of alkyl carbamates (subject to hydrolysis) is 1. The molecule has 2 aromatic rings. The quantitative estimate of drug-likeness (QED) is 0.554. The van der Waals surface area contributed by atoms with Gasteiger partial charge in [0.05, 0.1) is 6.42 Å². The van der Waals surface area contributed by atoms with E-state index in [4.69, 9.17) is 9.84 Å². The van der Waals surface area contributed by atoms with Crippen LogP contribution in [0.5, 0.6) is 0 Å². The molecule has 2 fully saturated rings. The van der Waals surface area contributed by atoms with Gasteiger partial charge in [-0.3, -0.25) is 9.59 Å². The van der Waals surface area contributed by atoms with E-state index in [9.17, 15) is 14.4 Å². The van der Waals surface area contributed by atoms with E-state index in [1.54, 1.807) is 4.90 Å². The second-order valence-electron chi connectivity index (χ2n) is 10.1. The lowest BCUT2D eigenvalue weighted by molar-refractivity contribution is -0.141. The molecule has 0 aliphatic heterocycles. The minimum atomic E-state index is -1.02. The molecule has 0 saturated heterocycles. The first-order chi connectivity index (χ1) is 17.0. The molecule has 0 bridgehead atoms. The Kier molecular flexibility index (Phi) is 6.50. The van der Waals surface area contributed by atoms with E-state index in [2.05, 4.69) is 29.6 Å². The van der Waals surface area contributed by atoms with Gasteiger partial charge >= 0.3 is 12.1 Å². The predicted octanol–water partition coefficient (Wildman–Crippen LogP) is 4.55. The number of carbonyl (C=O) groups is 3. The van der Waals surface area contributed by atoms with Crippen LogP contribution in [0.15, 0.2) is 48.5 Å². The van der Waals surface area contributed by atoms with E-state index < -0.39 is 17.6 Å². The van der Waals surface area contributed by atoms with Crippen LogP contribution >= 0.6 is 0 Å². The van der Waals surface area contributed by atoms with Crippen LogP contribution in [-0.4, -0.2) is 53.2 Å². The number of fused-ring (bicyclic) bond motifs is 3. The topological polar surface area (TPSA) is 95.9 Å². The fourth-order valence-electron chi connectivity index (χ4n) is 5.62. The first kappa shape index (κ1) is 23.4. The lowest BCUT2D eigenvalue weighted by Crippen LogP contribution is -2.59. The number of nitrogens with zero attached hydrogens (tertiary/aromatic N) is 1. The van der Waals surface area contributed by atoms with Crippen LogP contribution in [-0.2, 0) is 14.3 Å². The molecule has 0 radical (unpaired) electrons. The third-order valence-electron chi connectivity index (χ3n) is 7.61. The molecular weight excluding hydrogens is 444 g/mol. The Hall–Kier alpha value is -3.35. The summed E-state index contributed by atoms with van der Waals surface area (Å²) >= 11 is 0. The van der Waals surface area contributed by atoms with E-state index in [1.807, 2.05) is 24.3 Å². The number of hydrogen-bond donors (Lipinski definition) is 2. The molecule has 2 saturated carbocycles. The summed E-state index contributed by atoms with van der Waals surface area (Å²) in [4.78, 5) is 39.5. The van der Waals surface area contributed by atoms with Gasteiger partial charge in [0.2, 0.25) is 5.91 Å². The number of carboxylic acids is 1. The molecular formula is C28H32N2O5. The van der Waals surface area contributed by atoms with Gasteiger partial charge in [-0.2, -0.15) is 0 Å². The maximum Gasteiger partial charge on any atom is 0.408 e. The maximum atomic E-state index is 13.6. The zero-order valence-corrected chi connectivity index (χ0v) is 19.9. The van der Waals surface area contributed by atoms with Crippen molar-refractivity contribution in [3.05, 3.63) is 59.7 Å². The summed E-state index contributed by atoms with van der Waals surface area (Å²) in [6, 6.07) is 16.3. The van der Waals surface area contributed by atoms with Gasteiger partial charge in [-0.15, -0.1) is 0 Å². The number of nitrogens with one attached hydrogen (secondary N) is 1. The van der Waals surface area contributed by atoms with Crippen LogP contribution in [0.25, 0.3) is 11.1 Å². The summed E-state index contributed by atoms with van der Waals surface area (Å²) < 4.78 is 5.73. The van der Waals surface area contributed by atoms with Crippen molar-refractivity contribution < 1.29 is 24.2 Å². The first-order valence-electron chi connectivity index (χ1n) is 12.6. The lowest BCUT2D eigenvalue weighted by Gasteiger charge is -2.35. The number of amides is 2. The van der Waals surface area contributed by atoms with Gasteiger partial charge in [-0.05, 0) is 53.9 Å². The second kappa shape index (κ2) is 9.72. The van der Waals surface area contributed by atoms with E-state index in [0.29, 0.717) is 25.3 Å². The van der Waals surface area contributed by atoms with Crippen molar-refractivity contribution >= 4 is 18.0 Å². The molecule has 0 spiro atoms. The number of hydrogen-bond acceptors (Lipinski definition) is 4. The minimum Gasteiger partial charge on any atom is -0.481 e. The van der Waals surface area contributed by atoms with Crippen molar-refractivity contribution in [3.8, 4) is 11.1 Å². The third-order valence-corrected chi connectivity index (χ3v) is 7.61. The summed E-state index contributed by atoms with van der Waals surface area (Å²) in [5.74, 6) is -0.716. The highest BCUT2D eigenvalue weighted by molar-refractivity contribution is 5.90. The Balaban J connectivity index is 1.28. The fraction of sp³-hybridized carbons (Fsp3) is 0.464. The standard InChI is InChI=1S/C28H32N2O5/c31-25(32)13-16-30(17-19-11-12-19)26(33)28(14-5-6-15-28)29-27(34)35-18-24-22-9-3-1-7-20(22)21-8-2-4-10-23(21)24/h1-4,7-10,19,24H,5-6,11-18H2,(H,29,34)(H,31,32). The monoisotopic (exact) mass is 476 g/mol. The van der Waals surface area contributed by atoms with Crippen LogP contribution in [0, 0.1) is 5.92 Å². The molecule has 0 heterocycles. The van der Waals surface area contributed by atoms with Gasteiger partial charge < -0.3 is 20.1 Å². The summed E-state index contributed by atoms with van der Waals surface area (Å²) in [7, 11) is 0. The van der Waals surface area contributed by atoms with E-state index >= 15 is 0 Å². The highest BCUT2D eigenvalue weighted by atomic mass is 16.5. The van der Waals surface area contributed by atoms with Gasteiger partial charge in [-0.25, -0.2) is 4.79 Å². The molecule has 2 N–H and O–H groups in total. The van der Waals surface area contributed by atoms with Gasteiger partial charge in [0, 0.05) is 19.0 Å². The van der Waals surface area contributed by atoms with Gasteiger partial charge in [0.25, 0.3) is 0 Å². The number of benzene rings is 2. The van der Waals surface area contributed by atoms with Gasteiger partial charge in [0.1, 0.15) is 12.1 Å². The Morgan fingerprint density at radius 2 is 1.57 bits per heavy atom. The average Bonchev–Trinajstić information content (AvgIpc) is 3.46. The smallest absolute Gasteiger partial charge is 0.408 e. The van der Waals surface area contributed by atoms with Crippen molar-refractivity contribution in [2.75, 3.05) is 19.7 Å². The number of aliphatic carboxylic acids is 1. The minimum absolute atomic E-state index is 0.0506. The molecule has 0 aromatic heterocycles. The van der Waals surface area contributed by atoms with E-state index in [-0.39, 0.29) is 31.4 Å². The zero-order valence-electron chi connectivity index (χ0n) is 19.9. The molecule has 7 heteroatoms. The summed E-state index contributed by atoms with van der Waals surface area (Å²) in [6.45, 7) is 0.911. The number of ether oxygens (including phenoxy) is 1. The Labute approximate surface area is 205 Å². The predicted molar refractivity (Wildman–Crippen MR) is 131 cm³/mol. The number of carboxylic acid groups (broad SMARTS) is 1. The molecule has 35 heavy (non-hydrogen) atoms. The molecule has 7 nitrogen and oxygen atoms in total. The summed E-state index contributed by atoms with van der Waals surface area (Å²) in [5, 5.41) is 12.1. The number of rotatable bonds is 9. The summed E-state index contributed by atoms with van der Waals surface area (Å²) in [6.07, 6.45) is 4.20. The van der Waals surface area contributed by atoms with Crippen molar-refractivity contribution in [1.29, 1.82) is 0 Å². The van der Waals surface area contributed by atoms with Crippen LogP contribution in [0.2, 0.25) is 0 Å². The molecule has 2 aromatic carbocycles. The van der Waals surface area contributed by atoms with E-state index in [1.165, 1.54) is 0 Å². The van der Waals surface area contributed by atoms with Crippen molar-refractivity contribution in [2.24, 2.45) is 5.92 Å². The van der Waals surface area contributed by atoms with Crippen molar-refractivity contribution in [2.45, 2.75) is 56.4 Å². The van der Waals surface area contributed by atoms with E-state index in [0.717, 1.165) is 47.9 Å². The van der Waals surface area contributed by atoms with Crippen LogP contribution < -0.4 is 5.32 Å². The zero-order chi connectivity index (χ0) is 24.4. The highest BCUT2D eigenvalue weighted by Gasteiger charge is 2.46. The number of carbonyl (C=O) groups excluding carboxylic acids is 2. The van der Waals surface area contributed by atoms with Crippen molar-refractivity contribution in [3.63, 3.8) is 0 Å². The molecule has 3 aliphatic rings.